The van der Waals surface area contributed by atoms with E-state index in [1.165, 1.54) is 5.56 Å². The van der Waals surface area contributed by atoms with Gasteiger partial charge in [-0.2, -0.15) is 0 Å². The van der Waals surface area contributed by atoms with Crippen LogP contribution in [-0.4, -0.2) is 16.1 Å². The van der Waals surface area contributed by atoms with Crippen molar-refractivity contribution in [3.63, 3.8) is 0 Å². The van der Waals surface area contributed by atoms with Crippen LogP contribution in [0, 0.1) is 6.92 Å². The van der Waals surface area contributed by atoms with Crippen LogP contribution < -0.4 is 0 Å². The number of hydrogen-bond donors (Lipinski definition) is 1. The maximum Gasteiger partial charge on any atom is 0.336 e. The summed E-state index contributed by atoms with van der Waals surface area (Å²) in [6.45, 7) is 6.33. The van der Waals surface area contributed by atoms with Crippen molar-refractivity contribution < 1.29 is 9.90 Å². The van der Waals surface area contributed by atoms with Crippen LogP contribution in [0.2, 0.25) is 0 Å². The molecule has 0 saturated heterocycles. The highest BCUT2D eigenvalue weighted by Gasteiger charge is 2.14. The third-order valence-electron chi connectivity index (χ3n) is 4.66. The maximum atomic E-state index is 11.7. The Hall–Kier alpha value is -2.68. The maximum absolute atomic E-state index is 11.7. The highest BCUT2D eigenvalue weighted by Crippen LogP contribution is 2.28. The summed E-state index contributed by atoms with van der Waals surface area (Å²) in [5.74, 6) is -0.411. The van der Waals surface area contributed by atoms with E-state index in [2.05, 4.69) is 26.0 Å². The Bertz CT molecular complexity index is 898. The number of carbonyl (C=O) groups is 1. The fourth-order valence-electron chi connectivity index (χ4n) is 2.93. The van der Waals surface area contributed by atoms with Gasteiger partial charge in [0, 0.05) is 10.9 Å². The van der Waals surface area contributed by atoms with Gasteiger partial charge >= 0.3 is 5.97 Å². The normalized spacial score (nSPS) is 12.3. The first-order valence-electron chi connectivity index (χ1n) is 8.25. The molecule has 0 radical (unpaired) electrons. The molecule has 1 unspecified atom stereocenters. The zero-order chi connectivity index (χ0) is 17.3. The number of para-hydroxylation sites is 1. The predicted octanol–water partition coefficient (Wildman–Crippen LogP) is 5.42. The Morgan fingerprint density at radius 3 is 2.50 bits per heavy atom. The van der Waals surface area contributed by atoms with Gasteiger partial charge < -0.3 is 5.11 Å². The SMILES string of the molecule is CCC(C)c1ccc(-c2cc(C(=O)O)c3cccc(C)c3n2)cc1. The van der Waals surface area contributed by atoms with Crippen LogP contribution >= 0.6 is 0 Å². The van der Waals surface area contributed by atoms with E-state index in [0.29, 0.717) is 22.6 Å². The molecule has 1 N–H and O–H groups in total. The molecule has 2 aromatic carbocycles. The van der Waals surface area contributed by atoms with Crippen LogP contribution in [0.15, 0.2) is 48.5 Å². The number of hydrogen-bond acceptors (Lipinski definition) is 2. The third kappa shape index (κ3) is 2.90. The smallest absolute Gasteiger partial charge is 0.336 e. The van der Waals surface area contributed by atoms with Gasteiger partial charge in [0.2, 0.25) is 0 Å². The van der Waals surface area contributed by atoms with Crippen LogP contribution in [0.3, 0.4) is 0 Å². The molecule has 3 heteroatoms. The molecule has 3 nitrogen and oxygen atoms in total. The monoisotopic (exact) mass is 319 g/mol. The molecule has 3 aromatic rings. The van der Waals surface area contributed by atoms with Crippen molar-refractivity contribution in [1.29, 1.82) is 0 Å². The Morgan fingerprint density at radius 1 is 1.17 bits per heavy atom. The number of carboxylic acids is 1. The van der Waals surface area contributed by atoms with Crippen molar-refractivity contribution >= 4 is 16.9 Å². The van der Waals surface area contributed by atoms with Gasteiger partial charge in [0.25, 0.3) is 0 Å². The minimum atomic E-state index is -0.925. The second-order valence-corrected chi connectivity index (χ2v) is 6.26. The summed E-state index contributed by atoms with van der Waals surface area (Å²) in [6, 6.07) is 15.6. The molecule has 0 bridgehead atoms. The van der Waals surface area contributed by atoms with Gasteiger partial charge in [0.15, 0.2) is 0 Å². The average Bonchev–Trinajstić information content (AvgIpc) is 2.60. The fraction of sp³-hybridized carbons (Fsp3) is 0.238. The standard InChI is InChI=1S/C21H21NO2/c1-4-13(2)15-8-10-16(11-9-15)19-12-18(21(23)24)17-7-5-6-14(3)20(17)22-19/h5-13H,4H2,1-3H3,(H,23,24). The lowest BCUT2D eigenvalue weighted by Gasteiger charge is -2.11. The summed E-state index contributed by atoms with van der Waals surface area (Å²) in [4.78, 5) is 16.4. The van der Waals surface area contributed by atoms with E-state index >= 15 is 0 Å². The highest BCUT2D eigenvalue weighted by molar-refractivity contribution is 6.04. The zero-order valence-corrected chi connectivity index (χ0v) is 14.2. The number of benzene rings is 2. The number of aromatic carboxylic acids is 1. The van der Waals surface area contributed by atoms with E-state index in [4.69, 9.17) is 4.98 Å². The summed E-state index contributed by atoms with van der Waals surface area (Å²) >= 11 is 0. The molecule has 0 spiro atoms. The molecular formula is C21H21NO2. The third-order valence-corrected chi connectivity index (χ3v) is 4.66. The number of fused-ring (bicyclic) bond motifs is 1. The van der Waals surface area contributed by atoms with Gasteiger partial charge in [-0.05, 0) is 36.5 Å². The van der Waals surface area contributed by atoms with Gasteiger partial charge in [-0.3, -0.25) is 0 Å². The molecule has 0 fully saturated rings. The molecule has 1 aromatic heterocycles. The van der Waals surface area contributed by atoms with E-state index in [9.17, 15) is 9.90 Å². The second kappa shape index (κ2) is 6.44. The number of pyridine rings is 1. The average molecular weight is 319 g/mol. The quantitative estimate of drug-likeness (QED) is 0.698. The van der Waals surface area contributed by atoms with E-state index in [0.717, 1.165) is 23.1 Å². The van der Waals surface area contributed by atoms with Crippen LogP contribution in [0.5, 0.6) is 0 Å². The van der Waals surface area contributed by atoms with E-state index in [1.54, 1.807) is 6.07 Å². The largest absolute Gasteiger partial charge is 0.478 e. The van der Waals surface area contributed by atoms with E-state index in [1.807, 2.05) is 37.3 Å². The lowest BCUT2D eigenvalue weighted by molar-refractivity contribution is 0.0699. The number of aromatic nitrogens is 1. The molecule has 0 amide bonds. The van der Waals surface area contributed by atoms with Crippen molar-refractivity contribution in [3.8, 4) is 11.3 Å². The first kappa shape index (κ1) is 16.2. The van der Waals surface area contributed by atoms with Crippen molar-refractivity contribution in [2.45, 2.75) is 33.1 Å². The van der Waals surface area contributed by atoms with Crippen molar-refractivity contribution in [2.75, 3.05) is 0 Å². The van der Waals surface area contributed by atoms with Crippen molar-refractivity contribution in [1.82, 2.24) is 4.98 Å². The summed E-state index contributed by atoms with van der Waals surface area (Å²) in [7, 11) is 0. The van der Waals surface area contributed by atoms with Gasteiger partial charge in [-0.15, -0.1) is 0 Å². The lowest BCUT2D eigenvalue weighted by atomic mass is 9.96. The minimum Gasteiger partial charge on any atom is -0.478 e. The summed E-state index contributed by atoms with van der Waals surface area (Å²) in [5, 5.41) is 10.2. The number of nitrogens with zero attached hydrogens (tertiary/aromatic N) is 1. The Balaban J connectivity index is 2.16. The molecule has 24 heavy (non-hydrogen) atoms. The van der Waals surface area contributed by atoms with E-state index in [-0.39, 0.29) is 0 Å². The summed E-state index contributed by atoms with van der Waals surface area (Å²) in [5.41, 5.74) is 4.95. The van der Waals surface area contributed by atoms with Gasteiger partial charge in [-0.1, -0.05) is 56.3 Å². The van der Waals surface area contributed by atoms with Crippen LogP contribution in [-0.2, 0) is 0 Å². The number of aryl methyl sites for hydroxylation is 1. The van der Waals surface area contributed by atoms with Gasteiger partial charge in [-0.25, -0.2) is 9.78 Å². The molecule has 0 saturated carbocycles. The van der Waals surface area contributed by atoms with Crippen LogP contribution in [0.1, 0.15) is 47.7 Å². The molecule has 3 rings (SSSR count). The number of carboxylic acid groups (broad SMARTS) is 1. The minimum absolute atomic E-state index is 0.296. The fourth-order valence-corrected chi connectivity index (χ4v) is 2.93. The van der Waals surface area contributed by atoms with Crippen molar-refractivity contribution in [2.24, 2.45) is 0 Å². The molecular weight excluding hydrogens is 298 g/mol. The molecule has 0 aliphatic carbocycles. The number of rotatable bonds is 4. The molecule has 1 atom stereocenters. The van der Waals surface area contributed by atoms with Crippen LogP contribution in [0.25, 0.3) is 22.2 Å². The molecule has 1 heterocycles. The summed E-state index contributed by atoms with van der Waals surface area (Å²) in [6.07, 6.45) is 1.09. The van der Waals surface area contributed by atoms with Gasteiger partial charge in [0.05, 0.1) is 16.8 Å². The highest BCUT2D eigenvalue weighted by atomic mass is 16.4. The first-order chi connectivity index (χ1) is 11.5. The Labute approximate surface area is 142 Å². The first-order valence-corrected chi connectivity index (χ1v) is 8.25. The topological polar surface area (TPSA) is 50.2 Å². The Morgan fingerprint density at radius 2 is 1.88 bits per heavy atom. The zero-order valence-electron chi connectivity index (χ0n) is 14.2. The van der Waals surface area contributed by atoms with Gasteiger partial charge in [0.1, 0.15) is 0 Å². The predicted molar refractivity (Wildman–Crippen MR) is 97.6 cm³/mol. The molecule has 0 aliphatic rings. The summed E-state index contributed by atoms with van der Waals surface area (Å²) < 4.78 is 0. The molecule has 122 valence electrons. The van der Waals surface area contributed by atoms with Crippen molar-refractivity contribution in [3.05, 3.63) is 65.2 Å². The second-order valence-electron chi connectivity index (χ2n) is 6.26. The molecule has 0 aliphatic heterocycles. The lowest BCUT2D eigenvalue weighted by Crippen LogP contribution is -2.01. The van der Waals surface area contributed by atoms with E-state index < -0.39 is 5.97 Å². The van der Waals surface area contributed by atoms with Crippen LogP contribution in [0.4, 0.5) is 0 Å². The Kier molecular flexibility index (Phi) is 4.34.